The highest BCUT2D eigenvalue weighted by atomic mass is 16.5. The first-order valence-corrected chi connectivity index (χ1v) is 5.00. The number of ether oxygens (including phenoxy) is 1. The van der Waals surface area contributed by atoms with Gasteiger partial charge < -0.3 is 4.74 Å². The summed E-state index contributed by atoms with van der Waals surface area (Å²) in [7, 11) is 0. The van der Waals surface area contributed by atoms with E-state index in [0.29, 0.717) is 13.0 Å². The maximum Gasteiger partial charge on any atom is 0.374 e. The number of esters is 1. The van der Waals surface area contributed by atoms with Crippen LogP contribution in [-0.4, -0.2) is 18.4 Å². The van der Waals surface area contributed by atoms with Crippen molar-refractivity contribution in [2.75, 3.05) is 6.61 Å². The molecule has 1 aliphatic rings. The Bertz CT molecular complexity index is 167. The molecule has 3 nitrogen and oxygen atoms in total. The number of carbonyl (C=O) groups is 2. The lowest BCUT2D eigenvalue weighted by Gasteiger charge is -2.01. The van der Waals surface area contributed by atoms with Gasteiger partial charge in [-0.05, 0) is 12.8 Å². The van der Waals surface area contributed by atoms with Gasteiger partial charge in [-0.2, -0.15) is 0 Å². The Morgan fingerprint density at radius 2 is 1.46 bits per heavy atom. The van der Waals surface area contributed by atoms with Crippen LogP contribution in [0.25, 0.3) is 0 Å². The Morgan fingerprint density at radius 3 is 2.23 bits per heavy atom. The number of hydrogen-bond acceptors (Lipinski definition) is 3. The molecule has 0 unspecified atom stereocenters. The predicted molar refractivity (Wildman–Crippen MR) is 48.3 cm³/mol. The molecule has 1 aliphatic heterocycles. The normalized spacial score (nSPS) is 21.8. The first-order valence-electron chi connectivity index (χ1n) is 5.00. The van der Waals surface area contributed by atoms with Crippen molar-refractivity contribution in [3.8, 4) is 0 Å². The van der Waals surface area contributed by atoms with Crippen LogP contribution in [0, 0.1) is 0 Å². The molecule has 13 heavy (non-hydrogen) atoms. The molecule has 0 aromatic heterocycles. The third-order valence-corrected chi connectivity index (χ3v) is 2.26. The second-order valence-corrected chi connectivity index (χ2v) is 3.43. The van der Waals surface area contributed by atoms with Crippen LogP contribution in [-0.2, 0) is 14.3 Å². The van der Waals surface area contributed by atoms with Crippen molar-refractivity contribution < 1.29 is 14.3 Å². The van der Waals surface area contributed by atoms with Gasteiger partial charge in [-0.15, -0.1) is 0 Å². The Kier molecular flexibility index (Phi) is 4.50. The molecular weight excluding hydrogens is 168 g/mol. The molecule has 1 fully saturated rings. The van der Waals surface area contributed by atoms with E-state index in [4.69, 9.17) is 4.74 Å². The third kappa shape index (κ3) is 4.06. The van der Waals surface area contributed by atoms with Crippen LogP contribution in [0.5, 0.6) is 0 Å². The fraction of sp³-hybridized carbons (Fsp3) is 0.800. The van der Waals surface area contributed by atoms with Crippen molar-refractivity contribution in [2.24, 2.45) is 0 Å². The molecule has 0 atom stereocenters. The van der Waals surface area contributed by atoms with Gasteiger partial charge in [-0.3, -0.25) is 4.79 Å². The zero-order valence-electron chi connectivity index (χ0n) is 7.88. The smallest absolute Gasteiger partial charge is 0.374 e. The van der Waals surface area contributed by atoms with E-state index in [1.165, 1.54) is 12.8 Å². The molecule has 0 saturated carbocycles. The quantitative estimate of drug-likeness (QED) is 0.426. The minimum atomic E-state index is -0.637. The molecule has 0 radical (unpaired) electrons. The number of Topliss-reactive ketones (excluding diaryl/α,β-unsaturated/α-hetero) is 1. The van der Waals surface area contributed by atoms with Crippen LogP contribution >= 0.6 is 0 Å². The summed E-state index contributed by atoms with van der Waals surface area (Å²) in [5, 5.41) is 0. The summed E-state index contributed by atoms with van der Waals surface area (Å²) >= 11 is 0. The van der Waals surface area contributed by atoms with E-state index in [1.807, 2.05) is 0 Å². The van der Waals surface area contributed by atoms with E-state index < -0.39 is 5.97 Å². The molecule has 0 aromatic rings. The van der Waals surface area contributed by atoms with Gasteiger partial charge in [-0.25, -0.2) is 4.79 Å². The van der Waals surface area contributed by atoms with Crippen molar-refractivity contribution in [3.05, 3.63) is 0 Å². The van der Waals surface area contributed by atoms with E-state index in [9.17, 15) is 9.59 Å². The maximum atomic E-state index is 11.1. The molecule has 3 heteroatoms. The minimum Gasteiger partial charge on any atom is -0.460 e. The maximum absolute atomic E-state index is 11.1. The summed E-state index contributed by atoms with van der Waals surface area (Å²) in [5.41, 5.74) is 0. The van der Waals surface area contributed by atoms with Gasteiger partial charge in [0.1, 0.15) is 0 Å². The minimum absolute atomic E-state index is 0.359. The van der Waals surface area contributed by atoms with Crippen molar-refractivity contribution >= 4 is 11.8 Å². The number of carbonyl (C=O) groups excluding carboxylic acids is 2. The molecule has 0 amide bonds. The van der Waals surface area contributed by atoms with E-state index in [-0.39, 0.29) is 5.78 Å². The molecular formula is C10H16O3. The Morgan fingerprint density at radius 1 is 0.846 bits per heavy atom. The lowest BCUT2D eigenvalue weighted by Crippen LogP contribution is -2.17. The summed E-state index contributed by atoms with van der Waals surface area (Å²) < 4.78 is 4.80. The topological polar surface area (TPSA) is 43.4 Å². The molecule has 74 valence electrons. The first-order chi connectivity index (χ1) is 6.30. The lowest BCUT2D eigenvalue weighted by molar-refractivity contribution is -0.154. The van der Waals surface area contributed by atoms with Crippen molar-refractivity contribution in [3.63, 3.8) is 0 Å². The van der Waals surface area contributed by atoms with Gasteiger partial charge in [0.05, 0.1) is 6.61 Å². The van der Waals surface area contributed by atoms with Gasteiger partial charge in [0.25, 0.3) is 0 Å². The van der Waals surface area contributed by atoms with E-state index in [2.05, 4.69) is 0 Å². The monoisotopic (exact) mass is 184 g/mol. The van der Waals surface area contributed by atoms with E-state index in [0.717, 1.165) is 25.7 Å². The van der Waals surface area contributed by atoms with Crippen LogP contribution in [0.15, 0.2) is 0 Å². The Hall–Kier alpha value is -0.860. The molecule has 1 heterocycles. The second kappa shape index (κ2) is 5.73. The van der Waals surface area contributed by atoms with Gasteiger partial charge >= 0.3 is 5.97 Å². The average Bonchev–Trinajstić information content (AvgIpc) is 2.16. The summed E-state index contributed by atoms with van der Waals surface area (Å²) in [4.78, 5) is 22.0. The Balaban J connectivity index is 2.35. The van der Waals surface area contributed by atoms with Crippen molar-refractivity contribution in [2.45, 2.75) is 44.9 Å². The number of rotatable bonds is 0. The molecule has 0 aromatic carbocycles. The van der Waals surface area contributed by atoms with Gasteiger partial charge in [0.15, 0.2) is 0 Å². The van der Waals surface area contributed by atoms with Crippen molar-refractivity contribution in [1.82, 2.24) is 0 Å². The van der Waals surface area contributed by atoms with Crippen LogP contribution < -0.4 is 0 Å². The van der Waals surface area contributed by atoms with Crippen LogP contribution in [0.1, 0.15) is 44.9 Å². The van der Waals surface area contributed by atoms with E-state index >= 15 is 0 Å². The lowest BCUT2D eigenvalue weighted by atomic mass is 10.1. The fourth-order valence-electron chi connectivity index (χ4n) is 1.44. The van der Waals surface area contributed by atoms with Crippen LogP contribution in [0.4, 0.5) is 0 Å². The first kappa shape index (κ1) is 10.2. The number of hydrogen-bond donors (Lipinski definition) is 0. The summed E-state index contributed by atoms with van der Waals surface area (Å²) in [6.45, 7) is 0.407. The zero-order chi connectivity index (χ0) is 9.52. The van der Waals surface area contributed by atoms with Gasteiger partial charge in [0.2, 0.25) is 5.78 Å². The molecule has 0 aliphatic carbocycles. The zero-order valence-corrected chi connectivity index (χ0v) is 7.88. The highest BCUT2D eigenvalue weighted by Gasteiger charge is 2.14. The summed E-state index contributed by atoms with van der Waals surface area (Å²) in [5.74, 6) is -0.996. The molecule has 1 rings (SSSR count). The Labute approximate surface area is 78.5 Å². The standard InChI is InChI=1S/C10H16O3/c11-9-7-5-3-1-2-4-6-8-13-10(9)12/h1-8H2. The number of ketones is 1. The highest BCUT2D eigenvalue weighted by molar-refractivity contribution is 6.33. The van der Waals surface area contributed by atoms with Gasteiger partial charge in [0, 0.05) is 6.42 Å². The molecule has 0 bridgehead atoms. The molecule has 1 saturated heterocycles. The third-order valence-electron chi connectivity index (χ3n) is 2.26. The van der Waals surface area contributed by atoms with Gasteiger partial charge in [-0.1, -0.05) is 25.7 Å². The largest absolute Gasteiger partial charge is 0.460 e. The molecule has 0 N–H and O–H groups in total. The highest BCUT2D eigenvalue weighted by Crippen LogP contribution is 2.09. The van der Waals surface area contributed by atoms with E-state index in [1.54, 1.807) is 0 Å². The number of cyclic esters (lactones) is 1. The van der Waals surface area contributed by atoms with Crippen molar-refractivity contribution in [1.29, 1.82) is 0 Å². The van der Waals surface area contributed by atoms with Crippen LogP contribution in [0.3, 0.4) is 0 Å². The predicted octanol–water partition coefficient (Wildman–Crippen LogP) is 1.84. The SMILES string of the molecule is O=C1CCCCCCCCOC1=O. The van der Waals surface area contributed by atoms with Crippen LogP contribution in [0.2, 0.25) is 0 Å². The second-order valence-electron chi connectivity index (χ2n) is 3.43. The summed E-state index contributed by atoms with van der Waals surface area (Å²) in [6, 6.07) is 0. The average molecular weight is 184 g/mol. The fourth-order valence-corrected chi connectivity index (χ4v) is 1.44. The molecule has 0 spiro atoms. The summed E-state index contributed by atoms with van der Waals surface area (Å²) in [6.07, 6.45) is 6.58.